The largest absolute Gasteiger partial charge is 0.573 e. The van der Waals surface area contributed by atoms with Gasteiger partial charge in [-0.3, -0.25) is 19.3 Å². The molecular weight excluding hydrogens is 563 g/mol. The molecule has 1 saturated carbocycles. The number of ether oxygens (including phenoxy) is 1. The SMILES string of the molecule is CCN(C)[C@@H]1C(=O)C(C(N)=O)=C(O)[C@@]2(O)C(=O)C3=C(O)c4c(O)cc(C5CCCN5)c(OC(F)(F)F)c4C[C@H]3C[C@@]12C. The maximum Gasteiger partial charge on any atom is 0.573 e. The highest BCUT2D eigenvalue weighted by Crippen LogP contribution is 2.60. The fraction of sp³-hybridized carbons (Fsp3) is 0.536. The van der Waals surface area contributed by atoms with Crippen molar-refractivity contribution in [2.24, 2.45) is 17.1 Å². The van der Waals surface area contributed by atoms with E-state index in [-0.39, 0.29) is 30.5 Å². The van der Waals surface area contributed by atoms with Gasteiger partial charge in [-0.1, -0.05) is 13.8 Å². The molecule has 228 valence electrons. The minimum atomic E-state index is -5.13. The average molecular weight is 596 g/mol. The topological polar surface area (TPSA) is 183 Å². The van der Waals surface area contributed by atoms with Crippen LogP contribution in [0.3, 0.4) is 0 Å². The number of halogens is 3. The number of primary amides is 1. The maximum absolute atomic E-state index is 14.1. The molecule has 0 radical (unpaired) electrons. The van der Waals surface area contributed by atoms with Crippen molar-refractivity contribution < 1.29 is 52.7 Å². The third-order valence-electron chi connectivity index (χ3n) is 9.32. The summed E-state index contributed by atoms with van der Waals surface area (Å²) in [6, 6.07) is -0.886. The molecule has 11 nitrogen and oxygen atoms in total. The number of nitrogens with two attached hydrogens (primary N) is 1. The second-order valence-corrected chi connectivity index (χ2v) is 11.6. The van der Waals surface area contributed by atoms with Crippen molar-refractivity contribution in [3.8, 4) is 11.5 Å². The van der Waals surface area contributed by atoms with E-state index < -0.39 is 92.6 Å². The summed E-state index contributed by atoms with van der Waals surface area (Å²) in [5, 5.41) is 48.5. The second-order valence-electron chi connectivity index (χ2n) is 11.6. The first-order valence-electron chi connectivity index (χ1n) is 13.6. The number of phenolic OH excluding ortho intramolecular Hbond substituents is 1. The number of carbonyl (C=O) groups excluding carboxylic acids is 3. The highest BCUT2D eigenvalue weighted by Gasteiger charge is 2.70. The van der Waals surface area contributed by atoms with Gasteiger partial charge in [0, 0.05) is 28.2 Å². The number of hydrogen-bond acceptors (Lipinski definition) is 10. The molecule has 1 aromatic carbocycles. The van der Waals surface area contributed by atoms with E-state index in [1.807, 2.05) is 0 Å². The molecule has 1 saturated heterocycles. The summed E-state index contributed by atoms with van der Waals surface area (Å²) in [5.41, 5.74) is -1.42. The summed E-state index contributed by atoms with van der Waals surface area (Å²) in [4.78, 5) is 41.4. The molecule has 1 heterocycles. The molecule has 1 unspecified atom stereocenters. The number of aromatic hydroxyl groups is 1. The van der Waals surface area contributed by atoms with Crippen molar-refractivity contribution in [3.63, 3.8) is 0 Å². The van der Waals surface area contributed by atoms with Crippen molar-refractivity contribution in [2.75, 3.05) is 20.1 Å². The highest BCUT2D eigenvalue weighted by molar-refractivity contribution is 6.25. The fourth-order valence-corrected chi connectivity index (χ4v) is 7.41. The minimum absolute atomic E-state index is 0.0327. The zero-order valence-corrected chi connectivity index (χ0v) is 23.1. The van der Waals surface area contributed by atoms with Gasteiger partial charge in [-0.25, -0.2) is 0 Å². The molecule has 2 fully saturated rings. The van der Waals surface area contributed by atoms with Gasteiger partial charge in [0.1, 0.15) is 28.6 Å². The van der Waals surface area contributed by atoms with E-state index in [2.05, 4.69) is 10.1 Å². The summed E-state index contributed by atoms with van der Waals surface area (Å²) in [6.45, 7) is 3.78. The Morgan fingerprint density at radius 2 is 1.93 bits per heavy atom. The second kappa shape index (κ2) is 9.71. The molecule has 0 bridgehead atoms. The van der Waals surface area contributed by atoms with E-state index in [1.165, 1.54) is 18.9 Å². The number of carbonyl (C=O) groups is 3. The number of aliphatic hydroxyl groups excluding tert-OH is 2. The number of benzene rings is 1. The molecule has 7 N–H and O–H groups in total. The zero-order chi connectivity index (χ0) is 31.1. The molecule has 4 aliphatic rings. The number of likely N-dealkylation sites (N-methyl/N-ethyl adjacent to an activating group) is 1. The van der Waals surface area contributed by atoms with Gasteiger partial charge in [0.2, 0.25) is 5.78 Å². The van der Waals surface area contributed by atoms with Crippen LogP contribution in [-0.4, -0.2) is 80.9 Å². The lowest BCUT2D eigenvalue weighted by Gasteiger charge is -2.57. The number of hydrogen-bond donors (Lipinski definition) is 6. The Balaban J connectivity index is 1.78. The van der Waals surface area contributed by atoms with Crippen LogP contribution in [0.5, 0.6) is 11.5 Å². The van der Waals surface area contributed by atoms with Crippen molar-refractivity contribution in [1.82, 2.24) is 10.2 Å². The monoisotopic (exact) mass is 595 g/mol. The Bertz CT molecular complexity index is 1460. The minimum Gasteiger partial charge on any atom is -0.508 e. The van der Waals surface area contributed by atoms with E-state index in [9.17, 15) is 48.0 Å². The van der Waals surface area contributed by atoms with Crippen LogP contribution in [0.1, 0.15) is 55.8 Å². The lowest BCUT2D eigenvalue weighted by atomic mass is 9.50. The number of amides is 1. The van der Waals surface area contributed by atoms with Crippen LogP contribution in [0.15, 0.2) is 23.0 Å². The quantitative estimate of drug-likeness (QED) is 0.276. The Kier molecular flexibility index (Phi) is 6.90. The van der Waals surface area contributed by atoms with E-state index in [0.717, 1.165) is 6.07 Å². The first-order valence-corrected chi connectivity index (χ1v) is 13.6. The maximum atomic E-state index is 14.1. The number of nitrogens with one attached hydrogen (secondary N) is 1. The van der Waals surface area contributed by atoms with Crippen molar-refractivity contribution >= 4 is 23.2 Å². The highest BCUT2D eigenvalue weighted by atomic mass is 19.4. The summed E-state index contributed by atoms with van der Waals surface area (Å²) >= 11 is 0. The first-order chi connectivity index (χ1) is 19.5. The lowest BCUT2D eigenvalue weighted by molar-refractivity contribution is -0.275. The number of ketones is 2. The van der Waals surface area contributed by atoms with Crippen molar-refractivity contribution in [1.29, 1.82) is 0 Å². The zero-order valence-electron chi connectivity index (χ0n) is 23.1. The van der Waals surface area contributed by atoms with Gasteiger partial charge < -0.3 is 36.2 Å². The molecular formula is C28H32F3N3O8. The van der Waals surface area contributed by atoms with Gasteiger partial charge in [-0.15, -0.1) is 13.2 Å². The molecule has 42 heavy (non-hydrogen) atoms. The van der Waals surface area contributed by atoms with Crippen LogP contribution >= 0.6 is 0 Å². The van der Waals surface area contributed by atoms with Gasteiger partial charge in [-0.2, -0.15) is 0 Å². The molecule has 5 atom stereocenters. The van der Waals surface area contributed by atoms with Gasteiger partial charge in [-0.05, 0) is 57.8 Å². The number of fused-ring (bicyclic) bond motifs is 3. The molecule has 3 aliphatic carbocycles. The lowest BCUT2D eigenvalue weighted by Crippen LogP contribution is -2.71. The van der Waals surface area contributed by atoms with E-state index in [0.29, 0.717) is 19.4 Å². The number of rotatable bonds is 5. The van der Waals surface area contributed by atoms with Crippen LogP contribution in [0.4, 0.5) is 13.2 Å². The third-order valence-corrected chi connectivity index (χ3v) is 9.32. The van der Waals surface area contributed by atoms with Crippen LogP contribution in [0.25, 0.3) is 5.76 Å². The van der Waals surface area contributed by atoms with Crippen molar-refractivity contribution in [3.05, 3.63) is 39.7 Å². The number of phenols is 1. The molecule has 0 spiro atoms. The molecule has 5 rings (SSSR count). The molecule has 14 heteroatoms. The van der Waals surface area contributed by atoms with Gasteiger partial charge in [0.05, 0.1) is 11.6 Å². The Morgan fingerprint density at radius 3 is 2.48 bits per heavy atom. The van der Waals surface area contributed by atoms with Crippen molar-refractivity contribution in [2.45, 2.75) is 63.6 Å². The molecule has 1 aromatic rings. The van der Waals surface area contributed by atoms with Gasteiger partial charge >= 0.3 is 6.36 Å². The van der Waals surface area contributed by atoms with Crippen LogP contribution in [0.2, 0.25) is 0 Å². The van der Waals surface area contributed by atoms with E-state index in [1.54, 1.807) is 6.92 Å². The van der Waals surface area contributed by atoms with Gasteiger partial charge in [0.15, 0.2) is 11.4 Å². The first kappa shape index (κ1) is 29.9. The van der Waals surface area contributed by atoms with Gasteiger partial charge in [0.25, 0.3) is 5.91 Å². The standard InChI is InChI=1S/C28H32F3N3O8/c1-4-34(3)22-20(37)18(25(32)40)24(39)27(41)23(38)16-11(10-26(22,27)2)8-13-17(19(16)36)15(35)9-12(14-6-5-7-33-14)21(13)42-28(29,30)31/h9,11,14,22,33,35-36,39,41H,4-8,10H2,1-3H3,(H2,32,40)/t11-,14?,22+,26-,27-/m0/s1. The number of Topliss-reactive ketones (excluding diaryl/α,β-unsaturated/α-hetero) is 2. The number of nitrogens with zero attached hydrogens (tertiary/aromatic N) is 1. The predicted molar refractivity (Wildman–Crippen MR) is 140 cm³/mol. The predicted octanol–water partition coefficient (Wildman–Crippen LogP) is 2.07. The van der Waals surface area contributed by atoms with Crippen LogP contribution in [-0.2, 0) is 20.8 Å². The Labute approximate surface area is 238 Å². The van der Waals surface area contributed by atoms with Crippen LogP contribution in [0, 0.1) is 11.3 Å². The number of alkyl halides is 3. The Morgan fingerprint density at radius 1 is 1.26 bits per heavy atom. The number of aliphatic hydroxyl groups is 3. The van der Waals surface area contributed by atoms with E-state index in [4.69, 9.17) is 5.73 Å². The third kappa shape index (κ3) is 4.02. The summed E-state index contributed by atoms with van der Waals surface area (Å²) in [6.07, 6.45) is -4.62. The average Bonchev–Trinajstić information content (AvgIpc) is 3.41. The fourth-order valence-electron chi connectivity index (χ4n) is 7.41. The van der Waals surface area contributed by atoms with Crippen LogP contribution < -0.4 is 15.8 Å². The molecule has 1 amide bonds. The summed E-state index contributed by atoms with van der Waals surface area (Å²) in [7, 11) is 1.51. The molecule has 1 aliphatic heterocycles. The smallest absolute Gasteiger partial charge is 0.508 e. The normalized spacial score (nSPS) is 31.3. The van der Waals surface area contributed by atoms with E-state index >= 15 is 0 Å². The molecule has 0 aromatic heterocycles. The summed E-state index contributed by atoms with van der Waals surface area (Å²) < 4.78 is 45.5. The summed E-state index contributed by atoms with van der Waals surface area (Å²) in [5.74, 6) is -8.01. The Hall–Kier alpha value is -3.62.